The fraction of sp³-hybridized carbons (Fsp3) is 0.500. The van der Waals surface area contributed by atoms with Crippen molar-refractivity contribution < 1.29 is 0 Å². The van der Waals surface area contributed by atoms with Crippen LogP contribution in [0.2, 0.25) is 5.28 Å². The smallest absolute Gasteiger partial charge is 0.458 e. The minimum absolute atomic E-state index is 0.200. The van der Waals surface area contributed by atoms with E-state index in [0.29, 0.717) is 0 Å². The van der Waals surface area contributed by atoms with Crippen molar-refractivity contribution in [1.29, 1.82) is 0 Å². The Bertz CT molecular complexity index is 179. The molecule has 0 amide bonds. The van der Waals surface area contributed by atoms with Crippen LogP contribution in [-0.2, 0) is 0 Å². The second-order valence-corrected chi connectivity index (χ2v) is 7.06. The number of hydrogen-bond donors (Lipinski definition) is 3. The second kappa shape index (κ2) is 8.94. The monoisotopic (exact) mass is 337 g/mol. The molecule has 6 heteroatoms. The molecule has 3 nitrogen and oxygen atoms in total. The molecular weight excluding hydrogens is 319 g/mol. The van der Waals surface area contributed by atoms with Crippen LogP contribution in [-0.4, -0.2) is 34.6 Å². The molecule has 0 aromatic carbocycles. The molecule has 0 heterocycles. The van der Waals surface area contributed by atoms with Gasteiger partial charge in [-0.2, -0.15) is 20.3 Å². The normalized spacial score (nSPS) is 11.3. The summed E-state index contributed by atoms with van der Waals surface area (Å²) in [6.07, 6.45) is 1.28. The van der Waals surface area contributed by atoms with Crippen LogP contribution < -0.4 is 14.9 Å². The minimum Gasteiger partial charge on any atom is -0.458 e. The molecule has 0 rings (SSSR count). The van der Waals surface area contributed by atoms with Gasteiger partial charge in [-0.25, -0.2) is 0 Å². The predicted molar refractivity (Wildman–Crippen MR) is 76.3 cm³/mol. The molecular formula is C8H18Al2IN3. The first-order valence-electron chi connectivity index (χ1n) is 4.79. The Kier molecular flexibility index (Phi) is 9.37. The van der Waals surface area contributed by atoms with Gasteiger partial charge in [-0.15, -0.1) is 0 Å². The third-order valence-corrected chi connectivity index (χ3v) is 3.85. The second-order valence-electron chi connectivity index (χ2n) is 3.15. The predicted octanol–water partition coefficient (Wildman–Crippen LogP) is 0.229. The van der Waals surface area contributed by atoms with Crippen LogP contribution in [0.5, 0.6) is 0 Å². The third kappa shape index (κ3) is 8.02. The molecule has 0 radical (unpaired) electrons. The number of hydrogen-bond acceptors (Lipinski definition) is 3. The summed E-state index contributed by atoms with van der Waals surface area (Å²) in [5.41, 5.74) is 1.11. The van der Waals surface area contributed by atoms with Gasteiger partial charge < -0.3 is 14.9 Å². The van der Waals surface area contributed by atoms with Crippen LogP contribution in [0.15, 0.2) is 24.7 Å². The summed E-state index contributed by atoms with van der Waals surface area (Å²) < 4.78 is 3.24. The lowest BCUT2D eigenvalue weighted by Crippen LogP contribution is -2.41. The average Bonchev–Trinajstić information content (AvgIpc) is 2.03. The van der Waals surface area contributed by atoms with E-state index in [1.807, 2.05) is 0 Å². The number of halogens is 1. The van der Waals surface area contributed by atoms with E-state index in [-0.39, 0.29) is 18.3 Å². The van der Waals surface area contributed by atoms with E-state index in [4.69, 9.17) is 0 Å². The zero-order valence-electron chi connectivity index (χ0n) is 8.99. The lowest BCUT2D eigenvalue weighted by Gasteiger charge is -2.21. The Labute approximate surface area is 112 Å². The Balaban J connectivity index is 3.68. The molecule has 0 spiro atoms. The molecule has 78 valence electrons. The van der Waals surface area contributed by atoms with E-state index < -0.39 is 0 Å². The first-order valence-corrected chi connectivity index (χ1v) is 12.0. The molecule has 0 aliphatic heterocycles. The lowest BCUT2D eigenvalue weighted by atomic mass is 10.3. The standard InChI is InChI=1S/C8H15N3.2Al.HI.3H/c1-5-6(2)10-8(4)11-7(3)9;;;;;;/h8-11H,1-3,5H2,4H3;;;1H;;;/q-1;;+2;;;;/p-1. The van der Waals surface area contributed by atoms with E-state index in [1.54, 1.807) is 0 Å². The summed E-state index contributed by atoms with van der Waals surface area (Å²) in [6.45, 7) is 9.92. The molecule has 1 atom stereocenters. The van der Waals surface area contributed by atoms with Crippen LogP contribution in [0.4, 0.5) is 0 Å². The molecule has 0 aromatic rings. The van der Waals surface area contributed by atoms with Gasteiger partial charge in [0, 0.05) is 5.70 Å². The molecule has 0 aliphatic carbocycles. The lowest BCUT2D eigenvalue weighted by molar-refractivity contribution is 0.528. The van der Waals surface area contributed by atoms with Crippen molar-refractivity contribution in [2.45, 2.75) is 24.8 Å². The van der Waals surface area contributed by atoms with Gasteiger partial charge in [-0.3, -0.25) is 0 Å². The van der Waals surface area contributed by atoms with Gasteiger partial charge in [0.05, 0.1) is 12.0 Å². The van der Waals surface area contributed by atoms with Crippen molar-refractivity contribution in [2.24, 2.45) is 0 Å². The summed E-state index contributed by atoms with van der Waals surface area (Å²) >= 11 is 3.42. The van der Waals surface area contributed by atoms with Gasteiger partial charge in [0.25, 0.3) is 0 Å². The fourth-order valence-corrected chi connectivity index (χ4v) is 3.36. The maximum atomic E-state index is 3.97. The van der Waals surface area contributed by atoms with Crippen molar-refractivity contribution in [1.82, 2.24) is 14.9 Å². The topological polar surface area (TPSA) is 36.1 Å². The maximum Gasteiger partial charge on any atom is 0.477 e. The third-order valence-electron chi connectivity index (χ3n) is 1.64. The number of rotatable bonds is 8. The zero-order chi connectivity index (χ0) is 11.0. The SMILES string of the molecule is C=C(C[CH2][AlH2])NC(C)NC(=C)[NH][AlH][I]. The molecule has 1 unspecified atom stereocenters. The van der Waals surface area contributed by atoms with Crippen LogP contribution >= 0.6 is 20.3 Å². The van der Waals surface area contributed by atoms with Crippen molar-refractivity contribution in [3.8, 4) is 0 Å². The summed E-state index contributed by atoms with van der Waals surface area (Å²) in [5, 5.41) is 7.80. The van der Waals surface area contributed by atoms with Crippen molar-refractivity contribution in [3.05, 3.63) is 24.7 Å². The molecule has 0 saturated carbocycles. The van der Waals surface area contributed by atoms with E-state index in [0.717, 1.165) is 17.9 Å². The van der Waals surface area contributed by atoms with Gasteiger partial charge in [0.1, 0.15) is 0 Å². The van der Waals surface area contributed by atoms with E-state index in [2.05, 4.69) is 55.3 Å². The Morgan fingerprint density at radius 3 is 2.64 bits per heavy atom. The van der Waals surface area contributed by atoms with Crippen LogP contribution in [0.3, 0.4) is 0 Å². The van der Waals surface area contributed by atoms with Gasteiger partial charge in [-0.05, 0) is 13.3 Å². The van der Waals surface area contributed by atoms with Crippen molar-refractivity contribution in [2.75, 3.05) is 0 Å². The first kappa shape index (κ1) is 14.7. The maximum absolute atomic E-state index is 3.97. The number of nitrogens with one attached hydrogen (secondary N) is 3. The Morgan fingerprint density at radius 2 is 2.14 bits per heavy atom. The van der Waals surface area contributed by atoms with Crippen molar-refractivity contribution >= 4 is 48.7 Å². The molecule has 0 aromatic heterocycles. The summed E-state index contributed by atoms with van der Waals surface area (Å²) in [5.74, 6) is 0.907. The molecule has 0 bridgehead atoms. The van der Waals surface area contributed by atoms with Crippen LogP contribution in [0, 0.1) is 0 Å². The molecule has 14 heavy (non-hydrogen) atoms. The summed E-state index contributed by atoms with van der Waals surface area (Å²) in [6, 6.07) is 0. The number of allylic oxidation sites excluding steroid dienone is 1. The molecule has 0 saturated heterocycles. The summed E-state index contributed by atoms with van der Waals surface area (Å²) in [4.78, 5) is 0. The summed E-state index contributed by atoms with van der Waals surface area (Å²) in [7, 11) is 0. The van der Waals surface area contributed by atoms with Crippen molar-refractivity contribution in [3.63, 3.8) is 0 Å². The Hall–Kier alpha value is 0.675. The average molecular weight is 337 g/mol. The van der Waals surface area contributed by atoms with Gasteiger partial charge >= 0.3 is 12.2 Å². The molecule has 3 N–H and O–H groups in total. The minimum atomic E-state index is -0.200. The first-order chi connectivity index (χ1) is 6.60. The fourth-order valence-electron chi connectivity index (χ4n) is 1.11. The molecule has 0 aliphatic rings. The highest BCUT2D eigenvalue weighted by atomic mass is 127. The van der Waals surface area contributed by atoms with E-state index in [1.165, 1.54) is 21.6 Å². The highest BCUT2D eigenvalue weighted by Crippen LogP contribution is 1.97. The van der Waals surface area contributed by atoms with Crippen LogP contribution in [0.1, 0.15) is 13.3 Å². The molecule has 0 fully saturated rings. The highest BCUT2D eigenvalue weighted by molar-refractivity contribution is 14.1. The van der Waals surface area contributed by atoms with Gasteiger partial charge in [-0.1, -0.05) is 18.4 Å². The quantitative estimate of drug-likeness (QED) is 0.337. The largest absolute Gasteiger partial charge is 0.477 e. The zero-order valence-corrected chi connectivity index (χ0v) is 14.6. The highest BCUT2D eigenvalue weighted by Gasteiger charge is 2.01. The Morgan fingerprint density at radius 1 is 1.50 bits per heavy atom. The van der Waals surface area contributed by atoms with E-state index >= 15 is 0 Å². The van der Waals surface area contributed by atoms with Crippen LogP contribution in [0.25, 0.3) is 0 Å². The van der Waals surface area contributed by atoms with E-state index in [9.17, 15) is 0 Å². The van der Waals surface area contributed by atoms with Gasteiger partial charge in [0.2, 0.25) is 16.3 Å². The van der Waals surface area contributed by atoms with Gasteiger partial charge in [0.15, 0.2) is 0 Å².